The van der Waals surface area contributed by atoms with Crippen LogP contribution in [0.4, 0.5) is 0 Å². The Morgan fingerprint density at radius 2 is 0.828 bits per heavy atom. The molecular weight excluding hydrogens is 455 g/mol. The molecule has 0 saturated heterocycles. The van der Waals surface area contributed by atoms with Crippen LogP contribution < -0.4 is 32.9 Å². The van der Waals surface area contributed by atoms with Gasteiger partial charge in [0.1, 0.15) is 23.2 Å². The summed E-state index contributed by atoms with van der Waals surface area (Å²) in [5, 5.41) is 4.38. The molecule has 0 nitrogen and oxygen atoms in total. The first-order chi connectivity index (χ1) is 13.9. The van der Waals surface area contributed by atoms with E-state index < -0.39 is 7.26 Å². The van der Waals surface area contributed by atoms with Crippen LogP contribution in [0.15, 0.2) is 126 Å². The summed E-state index contributed by atoms with van der Waals surface area (Å²) in [4.78, 5) is 1.34. The summed E-state index contributed by atoms with van der Waals surface area (Å²) in [6, 6.07) is 44.1. The Bertz CT molecular complexity index is 879. The number of rotatable bonds is 7. The zero-order chi connectivity index (χ0) is 19.1. The van der Waals surface area contributed by atoms with E-state index in [1.165, 1.54) is 20.8 Å². The van der Waals surface area contributed by atoms with Crippen LogP contribution in [0.5, 0.6) is 0 Å². The fraction of sp³-hybridized carbons (Fsp3) is 0.0769. The van der Waals surface area contributed by atoms with Crippen molar-refractivity contribution in [2.45, 2.75) is 4.90 Å². The molecule has 0 aromatic heterocycles. The van der Waals surface area contributed by atoms with Crippen molar-refractivity contribution in [1.29, 1.82) is 0 Å². The molecule has 0 aliphatic carbocycles. The van der Waals surface area contributed by atoms with Crippen molar-refractivity contribution >= 4 is 34.9 Å². The third kappa shape index (κ3) is 5.01. The first-order valence-electron chi connectivity index (χ1n) is 9.62. The van der Waals surface area contributed by atoms with Gasteiger partial charge in [0.25, 0.3) is 0 Å². The molecule has 0 aliphatic rings. The van der Waals surface area contributed by atoms with Gasteiger partial charge in [-0.2, -0.15) is 0 Å². The third-order valence-electron chi connectivity index (χ3n) is 5.03. The number of hydrogen-bond donors (Lipinski definition) is 0. The van der Waals surface area contributed by atoms with Crippen molar-refractivity contribution in [3.8, 4) is 0 Å². The fourth-order valence-corrected chi connectivity index (χ4v) is 9.46. The second-order valence-electron chi connectivity index (χ2n) is 6.70. The van der Waals surface area contributed by atoms with Crippen molar-refractivity contribution in [2.24, 2.45) is 0 Å². The van der Waals surface area contributed by atoms with E-state index in [-0.39, 0.29) is 17.0 Å². The molecule has 0 atom stereocenters. The summed E-state index contributed by atoms with van der Waals surface area (Å²) >= 11 is 1.96. The first-order valence-corrected chi connectivity index (χ1v) is 12.6. The van der Waals surface area contributed by atoms with Crippen molar-refractivity contribution in [3.63, 3.8) is 0 Å². The summed E-state index contributed by atoms with van der Waals surface area (Å²) in [6.45, 7) is 0. The van der Waals surface area contributed by atoms with Crippen molar-refractivity contribution in [2.75, 3.05) is 11.9 Å². The van der Waals surface area contributed by atoms with E-state index >= 15 is 0 Å². The Hall–Kier alpha value is -1.86. The molecule has 0 fully saturated rings. The Labute approximate surface area is 189 Å². The molecule has 0 bridgehead atoms. The minimum atomic E-state index is -1.71. The third-order valence-corrected chi connectivity index (χ3v) is 10.8. The average molecular weight is 479 g/mol. The Kier molecular flexibility index (Phi) is 8.12. The molecule has 4 aromatic rings. The van der Waals surface area contributed by atoms with E-state index in [9.17, 15) is 0 Å². The predicted octanol–water partition coefficient (Wildman–Crippen LogP) is 2.78. The van der Waals surface area contributed by atoms with E-state index in [2.05, 4.69) is 121 Å². The highest BCUT2D eigenvalue weighted by Crippen LogP contribution is 2.55. The smallest absolute Gasteiger partial charge is 0.112 e. The van der Waals surface area contributed by atoms with Gasteiger partial charge in [-0.3, -0.25) is 0 Å². The van der Waals surface area contributed by atoms with Gasteiger partial charge in [0, 0.05) is 10.6 Å². The molecular formula is C26H24BrPS. The zero-order valence-electron chi connectivity index (χ0n) is 16.2. The minimum absolute atomic E-state index is 0. The quantitative estimate of drug-likeness (QED) is 0.290. The van der Waals surface area contributed by atoms with Crippen LogP contribution in [0.1, 0.15) is 0 Å². The van der Waals surface area contributed by atoms with Crippen LogP contribution >= 0.6 is 19.0 Å². The molecule has 4 rings (SSSR count). The highest BCUT2D eigenvalue weighted by atomic mass is 79.9. The number of thioether (sulfide) groups is 1. The molecule has 0 N–H and O–H groups in total. The van der Waals surface area contributed by atoms with Gasteiger partial charge in [-0.05, 0) is 48.5 Å². The number of halogens is 1. The van der Waals surface area contributed by atoms with Gasteiger partial charge < -0.3 is 17.0 Å². The molecule has 0 amide bonds. The second kappa shape index (κ2) is 10.8. The second-order valence-corrected chi connectivity index (χ2v) is 11.5. The molecule has 0 unspecified atom stereocenters. The molecule has 0 radical (unpaired) electrons. The summed E-state index contributed by atoms with van der Waals surface area (Å²) in [6.07, 6.45) is 1.14. The van der Waals surface area contributed by atoms with Crippen molar-refractivity contribution < 1.29 is 17.0 Å². The van der Waals surface area contributed by atoms with Gasteiger partial charge in [-0.15, -0.1) is 11.8 Å². The summed E-state index contributed by atoms with van der Waals surface area (Å²) < 4.78 is 0. The predicted molar refractivity (Wildman–Crippen MR) is 127 cm³/mol. The normalized spacial score (nSPS) is 10.9. The molecule has 0 heterocycles. The molecule has 29 heavy (non-hydrogen) atoms. The first kappa shape index (κ1) is 21.8. The van der Waals surface area contributed by atoms with E-state index in [4.69, 9.17) is 0 Å². The maximum Gasteiger partial charge on any atom is 0.112 e. The van der Waals surface area contributed by atoms with Crippen LogP contribution in [-0.4, -0.2) is 11.9 Å². The van der Waals surface area contributed by atoms with Gasteiger partial charge in [-0.25, -0.2) is 0 Å². The average Bonchev–Trinajstić information content (AvgIpc) is 2.79. The fourth-order valence-electron chi connectivity index (χ4n) is 3.70. The largest absolute Gasteiger partial charge is 1.00 e. The minimum Gasteiger partial charge on any atom is -1.00 e. The summed E-state index contributed by atoms with van der Waals surface area (Å²) in [7, 11) is -1.71. The molecule has 0 saturated carbocycles. The molecule has 0 aliphatic heterocycles. The lowest BCUT2D eigenvalue weighted by Gasteiger charge is -2.27. The van der Waals surface area contributed by atoms with Crippen LogP contribution in [0.25, 0.3) is 0 Å². The molecule has 146 valence electrons. The van der Waals surface area contributed by atoms with Gasteiger partial charge in [0.15, 0.2) is 0 Å². The van der Waals surface area contributed by atoms with Crippen LogP contribution in [0.2, 0.25) is 0 Å². The Balaban J connectivity index is 0.00000240. The van der Waals surface area contributed by atoms with Gasteiger partial charge in [0.05, 0.1) is 6.16 Å². The molecule has 4 aromatic carbocycles. The van der Waals surface area contributed by atoms with Gasteiger partial charge in [-0.1, -0.05) is 72.8 Å². The zero-order valence-corrected chi connectivity index (χ0v) is 19.5. The summed E-state index contributed by atoms with van der Waals surface area (Å²) in [5.41, 5.74) is 0. The van der Waals surface area contributed by atoms with E-state index in [1.54, 1.807) is 0 Å². The van der Waals surface area contributed by atoms with Gasteiger partial charge in [0.2, 0.25) is 0 Å². The van der Waals surface area contributed by atoms with E-state index in [0.717, 1.165) is 11.9 Å². The van der Waals surface area contributed by atoms with Crippen LogP contribution in [-0.2, 0) is 0 Å². The standard InChI is InChI=1S/C26H24PS.BrH/c1-5-13-23(14-6-1)27(24-15-7-2-8-16-24,25-17-9-3-10-18-25)21-22-28-26-19-11-4-12-20-26;/h1-20H,21-22H2;1H/q+1;/p-1. The summed E-state index contributed by atoms with van der Waals surface area (Å²) in [5.74, 6) is 1.09. The van der Waals surface area contributed by atoms with E-state index in [1.807, 2.05) is 11.8 Å². The van der Waals surface area contributed by atoms with Gasteiger partial charge >= 0.3 is 0 Å². The topological polar surface area (TPSA) is 0 Å². The van der Waals surface area contributed by atoms with Crippen molar-refractivity contribution in [3.05, 3.63) is 121 Å². The van der Waals surface area contributed by atoms with Crippen LogP contribution in [0, 0.1) is 0 Å². The number of hydrogen-bond acceptors (Lipinski definition) is 1. The lowest BCUT2D eigenvalue weighted by molar-refractivity contribution is -0.00000533. The lowest BCUT2D eigenvalue weighted by atomic mass is 10.4. The highest BCUT2D eigenvalue weighted by Gasteiger charge is 2.44. The maximum absolute atomic E-state index is 2.32. The monoisotopic (exact) mass is 478 g/mol. The molecule has 3 heteroatoms. The lowest BCUT2D eigenvalue weighted by Crippen LogP contribution is -3.00. The maximum atomic E-state index is 2.32. The van der Waals surface area contributed by atoms with Crippen molar-refractivity contribution in [1.82, 2.24) is 0 Å². The number of benzene rings is 4. The SMILES string of the molecule is [Br-].c1ccc(SCC[P+](c2ccccc2)(c2ccccc2)c2ccccc2)cc1. The Morgan fingerprint density at radius 1 is 0.483 bits per heavy atom. The molecule has 0 spiro atoms. The highest BCUT2D eigenvalue weighted by molar-refractivity contribution is 8.01. The Morgan fingerprint density at radius 3 is 1.21 bits per heavy atom. The van der Waals surface area contributed by atoms with Crippen LogP contribution in [0.3, 0.4) is 0 Å². The van der Waals surface area contributed by atoms with E-state index in [0.29, 0.717) is 0 Å².